The Balaban J connectivity index is 0.000000328. The van der Waals surface area contributed by atoms with E-state index < -0.39 is 17.7 Å². The van der Waals surface area contributed by atoms with Crippen molar-refractivity contribution in [1.29, 1.82) is 0 Å². The van der Waals surface area contributed by atoms with Crippen LogP contribution in [0.4, 0.5) is 13.2 Å². The Labute approximate surface area is 235 Å². The number of carboxylic acid groups (broad SMARTS) is 1. The largest absolute Gasteiger partial charge is 0.478 e. The highest BCUT2D eigenvalue weighted by molar-refractivity contribution is 6.06. The Kier molecular flexibility index (Phi) is 9.59. The van der Waals surface area contributed by atoms with E-state index in [4.69, 9.17) is 5.73 Å². The van der Waals surface area contributed by atoms with Crippen molar-refractivity contribution in [3.63, 3.8) is 0 Å². The van der Waals surface area contributed by atoms with Gasteiger partial charge in [-0.3, -0.25) is 14.5 Å². The van der Waals surface area contributed by atoms with E-state index in [1.807, 2.05) is 0 Å². The number of pyridine rings is 1. The molecule has 1 saturated carbocycles. The molecule has 1 aliphatic heterocycles. The molecule has 2 aliphatic rings. The Bertz CT molecular complexity index is 1410. The first-order chi connectivity index (χ1) is 19.5. The minimum Gasteiger partial charge on any atom is -0.478 e. The van der Waals surface area contributed by atoms with Crippen LogP contribution in [0.25, 0.3) is 22.2 Å². The van der Waals surface area contributed by atoms with Crippen molar-refractivity contribution >= 4 is 28.7 Å². The van der Waals surface area contributed by atoms with Crippen LogP contribution < -0.4 is 11.1 Å². The zero-order valence-electron chi connectivity index (χ0n) is 22.5. The van der Waals surface area contributed by atoms with E-state index in [-0.39, 0.29) is 46.9 Å². The van der Waals surface area contributed by atoms with Gasteiger partial charge in [0.05, 0.1) is 28.9 Å². The fourth-order valence-corrected chi connectivity index (χ4v) is 5.44. The Morgan fingerprint density at radius 2 is 1.78 bits per heavy atom. The molecule has 11 heteroatoms. The van der Waals surface area contributed by atoms with Crippen LogP contribution >= 0.6 is 0 Å². The highest BCUT2D eigenvalue weighted by atomic mass is 19.4. The van der Waals surface area contributed by atoms with Gasteiger partial charge in [-0.05, 0) is 37.0 Å². The first-order valence-corrected chi connectivity index (χ1v) is 13.6. The van der Waals surface area contributed by atoms with E-state index in [0.717, 1.165) is 12.1 Å². The number of rotatable bonds is 6. The Morgan fingerprint density at radius 3 is 2.39 bits per heavy atom. The van der Waals surface area contributed by atoms with E-state index in [1.165, 1.54) is 38.2 Å². The van der Waals surface area contributed by atoms with Crippen molar-refractivity contribution in [3.05, 3.63) is 65.2 Å². The summed E-state index contributed by atoms with van der Waals surface area (Å²) in [6.07, 6.45) is 2.34. The van der Waals surface area contributed by atoms with Crippen LogP contribution in [0.3, 0.4) is 0 Å². The molecule has 0 unspecified atom stereocenters. The van der Waals surface area contributed by atoms with Gasteiger partial charge < -0.3 is 16.2 Å². The number of nitrogens with two attached hydrogens (primary N) is 1. The number of carbonyl (C=O) groups is 3. The van der Waals surface area contributed by atoms with Crippen LogP contribution in [0.1, 0.15) is 60.0 Å². The van der Waals surface area contributed by atoms with Gasteiger partial charge in [0.2, 0.25) is 11.8 Å². The van der Waals surface area contributed by atoms with Gasteiger partial charge in [-0.15, -0.1) is 0 Å². The summed E-state index contributed by atoms with van der Waals surface area (Å²) in [6.45, 7) is 1.02. The molecule has 2 heterocycles. The minimum atomic E-state index is -4.62. The van der Waals surface area contributed by atoms with Gasteiger partial charge >= 0.3 is 12.1 Å². The number of carbonyl (C=O) groups excluding carboxylic acids is 2. The molecule has 4 N–H and O–H groups in total. The number of fused-ring (bicyclic) bond motifs is 1. The summed E-state index contributed by atoms with van der Waals surface area (Å²) in [5.74, 6) is -1.07. The molecular formula is C30H33F3N4O4. The third-order valence-corrected chi connectivity index (χ3v) is 7.39. The third kappa shape index (κ3) is 7.81. The van der Waals surface area contributed by atoms with Crippen LogP contribution in [0.5, 0.6) is 0 Å². The summed E-state index contributed by atoms with van der Waals surface area (Å²) in [5, 5.41) is 12.6. The van der Waals surface area contributed by atoms with Crippen molar-refractivity contribution in [3.8, 4) is 11.3 Å². The van der Waals surface area contributed by atoms with Crippen molar-refractivity contribution in [2.75, 3.05) is 19.6 Å². The van der Waals surface area contributed by atoms with Crippen molar-refractivity contribution in [2.45, 2.75) is 51.2 Å². The molecule has 2 amide bonds. The van der Waals surface area contributed by atoms with Crippen molar-refractivity contribution in [1.82, 2.24) is 15.2 Å². The van der Waals surface area contributed by atoms with Gasteiger partial charge in [-0.2, -0.15) is 13.2 Å². The number of aromatic carboxylic acids is 1. The van der Waals surface area contributed by atoms with Gasteiger partial charge in [0.15, 0.2) is 0 Å². The maximum Gasteiger partial charge on any atom is 0.416 e. The fraction of sp³-hybridized carbons (Fsp3) is 0.400. The lowest BCUT2D eigenvalue weighted by molar-refractivity contribution is -0.137. The first-order valence-electron chi connectivity index (χ1n) is 13.6. The Morgan fingerprint density at radius 1 is 1.07 bits per heavy atom. The van der Waals surface area contributed by atoms with Gasteiger partial charge in [-0.1, -0.05) is 49.6 Å². The topological polar surface area (TPSA) is 126 Å². The summed E-state index contributed by atoms with van der Waals surface area (Å²) < 4.78 is 39.9. The normalized spacial score (nSPS) is 16.5. The van der Waals surface area contributed by atoms with E-state index in [1.54, 1.807) is 35.2 Å². The smallest absolute Gasteiger partial charge is 0.416 e. The summed E-state index contributed by atoms with van der Waals surface area (Å²) >= 11 is 0. The Hall–Kier alpha value is -3.99. The molecule has 0 bridgehead atoms. The SMILES string of the molecule is NC(=O)CC1CCCCC1.O=C1CN(Cc2c(-c3ccccc3)nc3ccc(C(F)(F)F)cc3c2C(=O)O)CCN1. The summed E-state index contributed by atoms with van der Waals surface area (Å²) in [4.78, 5) is 40.9. The quantitative estimate of drug-likeness (QED) is 0.383. The number of nitrogens with zero attached hydrogens (tertiary/aromatic N) is 2. The molecule has 0 atom stereocenters. The number of carboxylic acids is 1. The van der Waals surface area contributed by atoms with Gasteiger partial charge in [0.1, 0.15) is 0 Å². The molecule has 2 aromatic carbocycles. The molecule has 3 aromatic rings. The number of aromatic nitrogens is 1. The molecular weight excluding hydrogens is 537 g/mol. The lowest BCUT2D eigenvalue weighted by atomic mass is 9.87. The second-order valence-electron chi connectivity index (χ2n) is 10.4. The fourth-order valence-electron chi connectivity index (χ4n) is 5.44. The zero-order valence-corrected chi connectivity index (χ0v) is 22.5. The lowest BCUT2D eigenvalue weighted by Gasteiger charge is -2.28. The van der Waals surface area contributed by atoms with Crippen LogP contribution in [0.15, 0.2) is 48.5 Å². The number of amides is 2. The van der Waals surface area contributed by atoms with Crippen molar-refractivity contribution < 1.29 is 32.7 Å². The zero-order chi connectivity index (χ0) is 29.6. The number of halogens is 3. The van der Waals surface area contributed by atoms with E-state index in [9.17, 15) is 32.7 Å². The van der Waals surface area contributed by atoms with Gasteiger partial charge in [-0.25, -0.2) is 9.78 Å². The standard InChI is InChI=1S/C22H18F3N3O3.C8H15NO/c23-22(24,25)14-6-7-17-15(10-14)19(21(30)31)16(11-28-9-8-26-18(29)12-28)20(27-17)13-4-2-1-3-5-13;9-8(10)6-7-4-2-1-3-5-7/h1-7,10H,8-9,11-12H2,(H,26,29)(H,30,31);7H,1-6H2,(H2,9,10). The minimum absolute atomic E-state index is 0.0634. The van der Waals surface area contributed by atoms with Crippen LogP contribution in [-0.2, 0) is 22.3 Å². The van der Waals surface area contributed by atoms with Crippen molar-refractivity contribution in [2.24, 2.45) is 11.7 Å². The summed E-state index contributed by atoms with van der Waals surface area (Å²) in [5.41, 5.74) is 5.35. The lowest BCUT2D eigenvalue weighted by Crippen LogP contribution is -2.47. The average Bonchev–Trinajstić information content (AvgIpc) is 2.93. The molecule has 1 aliphatic carbocycles. The maximum atomic E-state index is 13.3. The molecule has 0 radical (unpaired) electrons. The summed E-state index contributed by atoms with van der Waals surface area (Å²) in [6, 6.07) is 11.8. The highest BCUT2D eigenvalue weighted by Gasteiger charge is 2.32. The first kappa shape index (κ1) is 30.0. The second-order valence-corrected chi connectivity index (χ2v) is 10.4. The second kappa shape index (κ2) is 13.1. The van der Waals surface area contributed by atoms with Crippen LogP contribution in [-0.4, -0.2) is 52.4 Å². The molecule has 5 rings (SSSR count). The maximum absolute atomic E-state index is 13.3. The predicted octanol–water partition coefficient (Wildman–Crippen LogP) is 4.99. The van der Waals surface area contributed by atoms with E-state index in [0.29, 0.717) is 36.7 Å². The number of piperazine rings is 1. The molecule has 218 valence electrons. The molecule has 41 heavy (non-hydrogen) atoms. The number of hydrogen-bond donors (Lipinski definition) is 3. The highest BCUT2D eigenvalue weighted by Crippen LogP contribution is 2.36. The third-order valence-electron chi connectivity index (χ3n) is 7.39. The number of nitrogens with one attached hydrogen (secondary N) is 1. The van der Waals surface area contributed by atoms with Gasteiger partial charge in [0.25, 0.3) is 0 Å². The number of alkyl halides is 3. The molecule has 1 saturated heterocycles. The summed E-state index contributed by atoms with van der Waals surface area (Å²) in [7, 11) is 0. The molecule has 2 fully saturated rings. The average molecular weight is 571 g/mol. The molecule has 0 spiro atoms. The number of benzene rings is 2. The van der Waals surface area contributed by atoms with Gasteiger partial charge in [0, 0.05) is 42.6 Å². The van der Waals surface area contributed by atoms with Crippen LogP contribution in [0.2, 0.25) is 0 Å². The molecule has 1 aromatic heterocycles. The monoisotopic (exact) mass is 570 g/mol. The molecule has 8 nitrogen and oxygen atoms in total. The number of primary amides is 1. The van der Waals surface area contributed by atoms with E-state index in [2.05, 4.69) is 10.3 Å². The number of hydrogen-bond acceptors (Lipinski definition) is 5. The van der Waals surface area contributed by atoms with E-state index >= 15 is 0 Å². The predicted molar refractivity (Wildman–Crippen MR) is 148 cm³/mol. The van der Waals surface area contributed by atoms with Crippen LogP contribution in [0, 0.1) is 5.92 Å².